The van der Waals surface area contributed by atoms with Crippen LogP contribution in [0.15, 0.2) is 24.3 Å². The lowest BCUT2D eigenvalue weighted by atomic mass is 10.1. The van der Waals surface area contributed by atoms with E-state index < -0.39 is 6.43 Å². The molecule has 0 atom stereocenters. The van der Waals surface area contributed by atoms with Crippen molar-refractivity contribution in [3.05, 3.63) is 35.7 Å². The molecule has 0 unspecified atom stereocenters. The molecule has 19 heavy (non-hydrogen) atoms. The molecule has 0 fully saturated rings. The van der Waals surface area contributed by atoms with Crippen LogP contribution < -0.4 is 5.73 Å². The van der Waals surface area contributed by atoms with E-state index >= 15 is 0 Å². The number of hydrogen-bond donors (Lipinski definition) is 1. The maximum atomic E-state index is 12.5. The standard InChI is InChI=1S/C14H17F2N3/c1-3-8-19-9(2)18-12(14(19)17)10-4-6-11(7-5-10)13(15)16/h4-7,13H,3,8,17H2,1-2H3. The Balaban J connectivity index is 2.39. The average molecular weight is 265 g/mol. The van der Waals surface area contributed by atoms with Crippen molar-refractivity contribution in [1.29, 1.82) is 0 Å². The first-order chi connectivity index (χ1) is 9.04. The van der Waals surface area contributed by atoms with Gasteiger partial charge in [-0.1, -0.05) is 31.2 Å². The predicted molar refractivity (Wildman–Crippen MR) is 72.1 cm³/mol. The van der Waals surface area contributed by atoms with Crippen molar-refractivity contribution in [2.45, 2.75) is 33.2 Å². The Morgan fingerprint density at radius 1 is 1.26 bits per heavy atom. The number of alkyl halides is 2. The molecule has 0 spiro atoms. The largest absolute Gasteiger partial charge is 0.383 e. The SMILES string of the molecule is CCCn1c(C)nc(-c2ccc(C(F)F)cc2)c1N. The number of rotatable bonds is 4. The lowest BCUT2D eigenvalue weighted by Gasteiger charge is -2.06. The Hall–Kier alpha value is -1.91. The first-order valence-corrected chi connectivity index (χ1v) is 6.25. The Labute approximate surface area is 111 Å². The molecule has 0 aliphatic heterocycles. The quantitative estimate of drug-likeness (QED) is 0.914. The number of nitrogens with zero attached hydrogens (tertiary/aromatic N) is 2. The van der Waals surface area contributed by atoms with Crippen LogP contribution in [0.1, 0.15) is 31.2 Å². The molecule has 102 valence electrons. The summed E-state index contributed by atoms with van der Waals surface area (Å²) in [5.41, 5.74) is 7.50. The maximum absolute atomic E-state index is 12.5. The van der Waals surface area contributed by atoms with Gasteiger partial charge in [-0.25, -0.2) is 13.8 Å². The van der Waals surface area contributed by atoms with Gasteiger partial charge in [0, 0.05) is 17.7 Å². The molecular formula is C14H17F2N3. The molecular weight excluding hydrogens is 248 g/mol. The lowest BCUT2D eigenvalue weighted by Crippen LogP contribution is -2.04. The number of anilines is 1. The third-order valence-corrected chi connectivity index (χ3v) is 3.08. The van der Waals surface area contributed by atoms with Gasteiger partial charge in [0.05, 0.1) is 0 Å². The molecule has 2 aromatic rings. The van der Waals surface area contributed by atoms with E-state index in [1.165, 1.54) is 12.1 Å². The summed E-state index contributed by atoms with van der Waals surface area (Å²) in [4.78, 5) is 4.42. The molecule has 0 saturated carbocycles. The normalized spacial score (nSPS) is 11.2. The molecule has 0 bridgehead atoms. The number of halogens is 2. The summed E-state index contributed by atoms with van der Waals surface area (Å²) in [6.07, 6.45) is -1.49. The van der Waals surface area contributed by atoms with Crippen molar-refractivity contribution in [3.8, 4) is 11.3 Å². The van der Waals surface area contributed by atoms with E-state index in [2.05, 4.69) is 11.9 Å². The van der Waals surface area contributed by atoms with Crippen LogP contribution in [0.5, 0.6) is 0 Å². The second kappa shape index (κ2) is 5.38. The fraction of sp³-hybridized carbons (Fsp3) is 0.357. The third-order valence-electron chi connectivity index (χ3n) is 3.08. The number of aryl methyl sites for hydroxylation is 1. The van der Waals surface area contributed by atoms with Gasteiger partial charge in [-0.3, -0.25) is 0 Å². The van der Waals surface area contributed by atoms with Crippen molar-refractivity contribution in [3.63, 3.8) is 0 Å². The van der Waals surface area contributed by atoms with Crippen LogP contribution in [0.4, 0.5) is 14.6 Å². The number of aromatic nitrogens is 2. The maximum Gasteiger partial charge on any atom is 0.263 e. The number of benzene rings is 1. The van der Waals surface area contributed by atoms with E-state index in [-0.39, 0.29) is 5.56 Å². The second-order valence-corrected chi connectivity index (χ2v) is 4.47. The zero-order chi connectivity index (χ0) is 14.0. The van der Waals surface area contributed by atoms with E-state index in [4.69, 9.17) is 5.73 Å². The third kappa shape index (κ3) is 2.59. The minimum Gasteiger partial charge on any atom is -0.383 e. The Morgan fingerprint density at radius 3 is 2.42 bits per heavy atom. The number of imidazole rings is 1. The van der Waals surface area contributed by atoms with Gasteiger partial charge in [0.1, 0.15) is 17.3 Å². The zero-order valence-electron chi connectivity index (χ0n) is 11.0. The molecule has 1 aromatic carbocycles. The molecule has 0 aliphatic rings. The molecule has 2 N–H and O–H groups in total. The highest BCUT2D eigenvalue weighted by atomic mass is 19.3. The van der Waals surface area contributed by atoms with Crippen molar-refractivity contribution >= 4 is 5.82 Å². The molecule has 0 aliphatic carbocycles. The second-order valence-electron chi connectivity index (χ2n) is 4.47. The van der Waals surface area contributed by atoms with Crippen LogP contribution in [0.3, 0.4) is 0 Å². The van der Waals surface area contributed by atoms with Crippen molar-refractivity contribution in [2.24, 2.45) is 0 Å². The molecule has 0 radical (unpaired) electrons. The Bertz CT molecular complexity index is 559. The number of nitrogens with two attached hydrogens (primary N) is 1. The summed E-state index contributed by atoms with van der Waals surface area (Å²) >= 11 is 0. The van der Waals surface area contributed by atoms with Crippen LogP contribution in [0, 0.1) is 6.92 Å². The van der Waals surface area contributed by atoms with Gasteiger partial charge in [-0.2, -0.15) is 0 Å². The predicted octanol–water partition coefficient (Wildman–Crippen LogP) is 3.79. The first kappa shape index (κ1) is 13.5. The molecule has 1 aromatic heterocycles. The van der Waals surface area contributed by atoms with Gasteiger partial charge in [0.25, 0.3) is 6.43 Å². The Morgan fingerprint density at radius 2 is 1.89 bits per heavy atom. The summed E-state index contributed by atoms with van der Waals surface area (Å²) in [6, 6.07) is 6.09. The van der Waals surface area contributed by atoms with Crippen LogP contribution in [0.2, 0.25) is 0 Å². The van der Waals surface area contributed by atoms with Gasteiger partial charge in [0.15, 0.2) is 0 Å². The minimum absolute atomic E-state index is 0.00651. The van der Waals surface area contributed by atoms with E-state index in [9.17, 15) is 8.78 Å². The van der Waals surface area contributed by atoms with Gasteiger partial charge >= 0.3 is 0 Å². The van der Waals surface area contributed by atoms with E-state index in [1.54, 1.807) is 12.1 Å². The van der Waals surface area contributed by atoms with E-state index in [1.807, 2.05) is 11.5 Å². The average Bonchev–Trinajstić information content (AvgIpc) is 2.67. The molecule has 2 rings (SSSR count). The minimum atomic E-state index is -2.45. The zero-order valence-corrected chi connectivity index (χ0v) is 11.0. The summed E-state index contributed by atoms with van der Waals surface area (Å²) in [5, 5.41) is 0. The molecule has 5 heteroatoms. The number of nitrogen functional groups attached to an aromatic ring is 1. The van der Waals surface area contributed by atoms with Gasteiger partial charge < -0.3 is 10.3 Å². The molecule has 0 saturated heterocycles. The molecule has 1 heterocycles. The highest BCUT2D eigenvalue weighted by Crippen LogP contribution is 2.28. The lowest BCUT2D eigenvalue weighted by molar-refractivity contribution is 0.151. The number of hydrogen-bond acceptors (Lipinski definition) is 2. The van der Waals surface area contributed by atoms with Gasteiger partial charge in [0.2, 0.25) is 0 Å². The molecule has 0 amide bonds. The highest BCUT2D eigenvalue weighted by Gasteiger charge is 2.14. The van der Waals surface area contributed by atoms with Crippen LogP contribution >= 0.6 is 0 Å². The summed E-state index contributed by atoms with van der Waals surface area (Å²) < 4.78 is 27.0. The van der Waals surface area contributed by atoms with Crippen LogP contribution in [-0.2, 0) is 6.54 Å². The first-order valence-electron chi connectivity index (χ1n) is 6.25. The van der Waals surface area contributed by atoms with Gasteiger partial charge in [-0.05, 0) is 13.3 Å². The summed E-state index contributed by atoms with van der Waals surface area (Å²) in [7, 11) is 0. The summed E-state index contributed by atoms with van der Waals surface area (Å²) in [5.74, 6) is 1.43. The highest BCUT2D eigenvalue weighted by molar-refractivity contribution is 5.71. The fourth-order valence-corrected chi connectivity index (χ4v) is 2.09. The topological polar surface area (TPSA) is 43.8 Å². The van der Waals surface area contributed by atoms with Crippen LogP contribution in [-0.4, -0.2) is 9.55 Å². The summed E-state index contributed by atoms with van der Waals surface area (Å²) in [6.45, 7) is 4.76. The van der Waals surface area contributed by atoms with E-state index in [0.717, 1.165) is 24.4 Å². The van der Waals surface area contributed by atoms with Crippen LogP contribution in [0.25, 0.3) is 11.3 Å². The van der Waals surface area contributed by atoms with E-state index in [0.29, 0.717) is 11.5 Å². The monoisotopic (exact) mass is 265 g/mol. The van der Waals surface area contributed by atoms with Crippen molar-refractivity contribution in [1.82, 2.24) is 9.55 Å². The Kier molecular flexibility index (Phi) is 3.83. The fourth-order valence-electron chi connectivity index (χ4n) is 2.09. The van der Waals surface area contributed by atoms with Gasteiger partial charge in [-0.15, -0.1) is 0 Å². The smallest absolute Gasteiger partial charge is 0.263 e. The van der Waals surface area contributed by atoms with Crippen molar-refractivity contribution < 1.29 is 8.78 Å². The van der Waals surface area contributed by atoms with Crippen molar-refractivity contribution in [2.75, 3.05) is 5.73 Å². The molecule has 3 nitrogen and oxygen atoms in total.